The Bertz CT molecular complexity index is 404. The zero-order chi connectivity index (χ0) is 12.3. The van der Waals surface area contributed by atoms with Crippen LogP contribution < -0.4 is 0 Å². The maximum atomic E-state index is 12.1. The van der Waals surface area contributed by atoms with Gasteiger partial charge in [-0.15, -0.1) is 0 Å². The number of aryl methyl sites for hydroxylation is 1. The van der Waals surface area contributed by atoms with Crippen molar-refractivity contribution in [1.82, 2.24) is 14.9 Å². The van der Waals surface area contributed by atoms with E-state index in [9.17, 15) is 4.79 Å². The number of likely N-dealkylation sites (tertiary alicyclic amines) is 1. The molecule has 2 heterocycles. The van der Waals surface area contributed by atoms with E-state index in [2.05, 4.69) is 9.97 Å². The molecule has 0 saturated carbocycles. The lowest BCUT2D eigenvalue weighted by atomic mass is 10.4. The van der Waals surface area contributed by atoms with Crippen LogP contribution in [0.5, 0.6) is 0 Å². The zero-order valence-electron chi connectivity index (χ0n) is 10.2. The van der Waals surface area contributed by atoms with Crippen molar-refractivity contribution in [3.63, 3.8) is 0 Å². The Morgan fingerprint density at radius 2 is 2.12 bits per heavy atom. The molecule has 1 atom stereocenters. The predicted octanol–water partition coefficient (Wildman–Crippen LogP) is 1.89. The third-order valence-corrected chi connectivity index (χ3v) is 3.86. The standard InChI is InChI=1S/C12H17N3OS/c1-9-7-11(14-8-13-9)17-10(2)12(16)15-5-3-4-6-15/h7-8,10H,3-6H2,1-2H3. The number of carbonyl (C=O) groups is 1. The number of amides is 1. The normalized spacial score (nSPS) is 17.2. The Morgan fingerprint density at radius 1 is 1.41 bits per heavy atom. The van der Waals surface area contributed by atoms with E-state index in [0.717, 1.165) is 36.7 Å². The first kappa shape index (κ1) is 12.4. The second-order valence-electron chi connectivity index (χ2n) is 4.29. The van der Waals surface area contributed by atoms with Gasteiger partial charge in [-0.25, -0.2) is 9.97 Å². The summed E-state index contributed by atoms with van der Waals surface area (Å²) in [5.41, 5.74) is 0.934. The van der Waals surface area contributed by atoms with Crippen molar-refractivity contribution < 1.29 is 4.79 Å². The summed E-state index contributed by atoms with van der Waals surface area (Å²) in [6.45, 7) is 5.69. The number of aromatic nitrogens is 2. The van der Waals surface area contributed by atoms with Crippen molar-refractivity contribution in [1.29, 1.82) is 0 Å². The van der Waals surface area contributed by atoms with Crippen LogP contribution in [0.25, 0.3) is 0 Å². The summed E-state index contributed by atoms with van der Waals surface area (Å²) in [5, 5.41) is 0.806. The van der Waals surface area contributed by atoms with Gasteiger partial charge in [0, 0.05) is 18.8 Å². The van der Waals surface area contributed by atoms with E-state index in [-0.39, 0.29) is 11.2 Å². The minimum Gasteiger partial charge on any atom is -0.342 e. The van der Waals surface area contributed by atoms with E-state index < -0.39 is 0 Å². The van der Waals surface area contributed by atoms with Crippen LogP contribution in [0, 0.1) is 6.92 Å². The minimum atomic E-state index is -0.0672. The second kappa shape index (κ2) is 5.49. The molecule has 2 rings (SSSR count). The molecule has 1 fully saturated rings. The Labute approximate surface area is 106 Å². The molecule has 17 heavy (non-hydrogen) atoms. The predicted molar refractivity (Wildman–Crippen MR) is 67.9 cm³/mol. The molecule has 1 unspecified atom stereocenters. The molecule has 1 aliphatic heterocycles. The largest absolute Gasteiger partial charge is 0.342 e. The fourth-order valence-electron chi connectivity index (χ4n) is 1.92. The van der Waals surface area contributed by atoms with Crippen molar-refractivity contribution in [2.45, 2.75) is 37.0 Å². The van der Waals surface area contributed by atoms with Crippen molar-refractivity contribution in [3.8, 4) is 0 Å². The van der Waals surface area contributed by atoms with E-state index in [1.807, 2.05) is 24.8 Å². The van der Waals surface area contributed by atoms with Crippen molar-refractivity contribution in [3.05, 3.63) is 18.1 Å². The van der Waals surface area contributed by atoms with Crippen LogP contribution in [-0.4, -0.2) is 39.1 Å². The molecule has 0 N–H and O–H groups in total. The van der Waals surface area contributed by atoms with Gasteiger partial charge in [0.25, 0.3) is 0 Å². The summed E-state index contributed by atoms with van der Waals surface area (Å²) < 4.78 is 0. The van der Waals surface area contributed by atoms with Crippen LogP contribution >= 0.6 is 11.8 Å². The molecule has 0 aromatic carbocycles. The van der Waals surface area contributed by atoms with Gasteiger partial charge in [-0.05, 0) is 32.8 Å². The number of carbonyl (C=O) groups excluding carboxylic acids is 1. The van der Waals surface area contributed by atoms with Gasteiger partial charge in [0.1, 0.15) is 11.4 Å². The highest BCUT2D eigenvalue weighted by Gasteiger charge is 2.24. The van der Waals surface area contributed by atoms with Gasteiger partial charge in [0.15, 0.2) is 0 Å². The summed E-state index contributed by atoms with van der Waals surface area (Å²) in [6, 6.07) is 1.92. The van der Waals surface area contributed by atoms with Gasteiger partial charge in [-0.2, -0.15) is 0 Å². The minimum absolute atomic E-state index is 0.0672. The Hall–Kier alpha value is -1.10. The van der Waals surface area contributed by atoms with Crippen molar-refractivity contribution >= 4 is 17.7 Å². The fourth-order valence-corrected chi connectivity index (χ4v) is 2.88. The third kappa shape index (κ3) is 3.19. The zero-order valence-corrected chi connectivity index (χ0v) is 11.0. The number of hydrogen-bond donors (Lipinski definition) is 0. The topological polar surface area (TPSA) is 46.1 Å². The summed E-state index contributed by atoms with van der Waals surface area (Å²) in [7, 11) is 0. The molecule has 1 amide bonds. The Kier molecular flexibility index (Phi) is 3.99. The third-order valence-electron chi connectivity index (χ3n) is 2.84. The van der Waals surface area contributed by atoms with Gasteiger partial charge in [0.05, 0.1) is 5.25 Å². The molecular weight excluding hydrogens is 234 g/mol. The van der Waals surface area contributed by atoms with E-state index in [4.69, 9.17) is 0 Å². The molecule has 5 heteroatoms. The first-order chi connectivity index (χ1) is 8.16. The quantitative estimate of drug-likeness (QED) is 0.608. The molecule has 1 aromatic rings. The van der Waals surface area contributed by atoms with Crippen molar-refractivity contribution in [2.75, 3.05) is 13.1 Å². The molecule has 0 bridgehead atoms. The van der Waals surface area contributed by atoms with Crippen LogP contribution in [-0.2, 0) is 4.79 Å². The maximum absolute atomic E-state index is 12.1. The number of rotatable bonds is 3. The first-order valence-corrected chi connectivity index (χ1v) is 6.79. The highest BCUT2D eigenvalue weighted by atomic mass is 32.2. The van der Waals surface area contributed by atoms with Gasteiger partial charge in [0.2, 0.25) is 5.91 Å². The van der Waals surface area contributed by atoms with Gasteiger partial charge in [-0.1, -0.05) is 11.8 Å². The Morgan fingerprint density at radius 3 is 2.76 bits per heavy atom. The fraction of sp³-hybridized carbons (Fsp3) is 0.583. The van der Waals surface area contributed by atoms with E-state index in [0.29, 0.717) is 0 Å². The smallest absolute Gasteiger partial charge is 0.235 e. The van der Waals surface area contributed by atoms with E-state index in [1.54, 1.807) is 6.33 Å². The summed E-state index contributed by atoms with van der Waals surface area (Å²) >= 11 is 1.51. The first-order valence-electron chi connectivity index (χ1n) is 5.91. The molecule has 0 radical (unpaired) electrons. The second-order valence-corrected chi connectivity index (χ2v) is 5.65. The highest BCUT2D eigenvalue weighted by Crippen LogP contribution is 2.23. The lowest BCUT2D eigenvalue weighted by Crippen LogP contribution is -2.34. The Balaban J connectivity index is 1.96. The SMILES string of the molecule is Cc1cc(SC(C)C(=O)N2CCCC2)ncn1. The summed E-state index contributed by atoms with van der Waals surface area (Å²) in [6.07, 6.45) is 3.82. The summed E-state index contributed by atoms with van der Waals surface area (Å²) in [5.74, 6) is 0.226. The lowest BCUT2D eigenvalue weighted by molar-refractivity contribution is -0.129. The molecule has 1 aromatic heterocycles. The van der Waals surface area contributed by atoms with Crippen LogP contribution in [0.15, 0.2) is 17.4 Å². The van der Waals surface area contributed by atoms with E-state index in [1.165, 1.54) is 11.8 Å². The van der Waals surface area contributed by atoms with Gasteiger partial charge >= 0.3 is 0 Å². The lowest BCUT2D eigenvalue weighted by Gasteiger charge is -2.19. The maximum Gasteiger partial charge on any atom is 0.235 e. The number of nitrogens with zero attached hydrogens (tertiary/aromatic N) is 3. The number of thioether (sulfide) groups is 1. The van der Waals surface area contributed by atoms with Gasteiger partial charge < -0.3 is 4.90 Å². The number of hydrogen-bond acceptors (Lipinski definition) is 4. The molecule has 1 saturated heterocycles. The molecular formula is C12H17N3OS. The highest BCUT2D eigenvalue weighted by molar-refractivity contribution is 8.00. The van der Waals surface area contributed by atoms with Crippen LogP contribution in [0.3, 0.4) is 0 Å². The molecule has 0 spiro atoms. The van der Waals surface area contributed by atoms with Crippen molar-refractivity contribution in [2.24, 2.45) is 0 Å². The van der Waals surface area contributed by atoms with Crippen LogP contribution in [0.4, 0.5) is 0 Å². The van der Waals surface area contributed by atoms with E-state index >= 15 is 0 Å². The molecule has 1 aliphatic rings. The molecule has 4 nitrogen and oxygen atoms in total. The van der Waals surface area contributed by atoms with Crippen LogP contribution in [0.1, 0.15) is 25.5 Å². The molecule has 92 valence electrons. The summed E-state index contributed by atoms with van der Waals surface area (Å²) in [4.78, 5) is 22.3. The average molecular weight is 251 g/mol. The van der Waals surface area contributed by atoms with Gasteiger partial charge in [-0.3, -0.25) is 4.79 Å². The monoisotopic (exact) mass is 251 g/mol. The average Bonchev–Trinajstić information content (AvgIpc) is 2.81. The molecule has 0 aliphatic carbocycles. The van der Waals surface area contributed by atoms with Crippen LogP contribution in [0.2, 0.25) is 0 Å².